The van der Waals surface area contributed by atoms with E-state index in [1.165, 1.54) is 22.8 Å². The van der Waals surface area contributed by atoms with E-state index in [-0.39, 0.29) is 17.8 Å². The average molecular weight is 328 g/mol. The van der Waals surface area contributed by atoms with Gasteiger partial charge in [0.15, 0.2) is 11.2 Å². The Bertz CT molecular complexity index is 1040. The van der Waals surface area contributed by atoms with Crippen LogP contribution in [0.3, 0.4) is 0 Å². The summed E-state index contributed by atoms with van der Waals surface area (Å²) in [6.07, 6.45) is 3.88. The number of aromatic nitrogens is 4. The lowest BCUT2D eigenvalue weighted by Gasteiger charge is -2.11. The molecule has 24 heavy (non-hydrogen) atoms. The number of hydrogen-bond donors (Lipinski definition) is 0. The Morgan fingerprint density at radius 3 is 2.75 bits per heavy atom. The lowest BCUT2D eigenvalue weighted by atomic mass is 10.3. The Balaban J connectivity index is 2.07. The van der Waals surface area contributed by atoms with Crippen molar-refractivity contribution in [3.8, 4) is 5.69 Å². The van der Waals surface area contributed by atoms with Crippen LogP contribution in [0.2, 0.25) is 0 Å². The van der Waals surface area contributed by atoms with Crippen LogP contribution >= 0.6 is 0 Å². The first-order valence-corrected chi connectivity index (χ1v) is 8.06. The van der Waals surface area contributed by atoms with Crippen molar-refractivity contribution >= 4 is 11.2 Å². The van der Waals surface area contributed by atoms with Gasteiger partial charge < -0.3 is 4.57 Å². The highest BCUT2D eigenvalue weighted by atomic mass is 19.1. The van der Waals surface area contributed by atoms with Gasteiger partial charge in [0.1, 0.15) is 5.82 Å². The highest BCUT2D eigenvalue weighted by Gasteiger charge is 2.25. The molecule has 1 aromatic carbocycles. The maximum atomic E-state index is 13.6. The Hall–Kier alpha value is -2.70. The van der Waals surface area contributed by atoms with Crippen LogP contribution in [0.5, 0.6) is 0 Å². The van der Waals surface area contributed by atoms with E-state index in [1.54, 1.807) is 19.3 Å². The maximum absolute atomic E-state index is 13.6. The number of benzene rings is 1. The van der Waals surface area contributed by atoms with Gasteiger partial charge in [0.05, 0.1) is 12.0 Å². The molecule has 0 saturated heterocycles. The molecular formula is C17H17FN4O2. The summed E-state index contributed by atoms with van der Waals surface area (Å²) in [5.74, 6) is 0.116. The molecule has 4 rings (SSSR count). The minimum absolute atomic E-state index is 0.248. The van der Waals surface area contributed by atoms with Gasteiger partial charge in [-0.1, -0.05) is 6.07 Å². The van der Waals surface area contributed by atoms with Gasteiger partial charge in [-0.25, -0.2) is 18.7 Å². The molecule has 0 radical (unpaired) electrons. The first-order valence-electron chi connectivity index (χ1n) is 8.06. The Kier molecular flexibility index (Phi) is 3.37. The molecule has 3 aromatic rings. The van der Waals surface area contributed by atoms with Crippen LogP contribution in [0, 0.1) is 11.7 Å². The SMILES string of the molecule is CCn1c(=O)c2c(ncn2CC2CC2)n(-c2cccc(F)c2)c1=O. The third-order valence-electron chi connectivity index (χ3n) is 4.43. The van der Waals surface area contributed by atoms with Gasteiger partial charge in [-0.05, 0) is 43.9 Å². The zero-order valence-electron chi connectivity index (χ0n) is 13.3. The average Bonchev–Trinajstić information content (AvgIpc) is 3.27. The summed E-state index contributed by atoms with van der Waals surface area (Å²) in [6, 6.07) is 5.75. The molecule has 7 heteroatoms. The fraction of sp³-hybridized carbons (Fsp3) is 0.353. The van der Waals surface area contributed by atoms with Crippen molar-refractivity contribution in [3.05, 3.63) is 57.2 Å². The molecule has 1 fully saturated rings. The second-order valence-electron chi connectivity index (χ2n) is 6.16. The van der Waals surface area contributed by atoms with E-state index in [1.807, 2.05) is 4.57 Å². The third kappa shape index (κ3) is 2.28. The van der Waals surface area contributed by atoms with Crippen molar-refractivity contribution in [2.24, 2.45) is 5.92 Å². The molecule has 2 heterocycles. The molecule has 0 spiro atoms. The lowest BCUT2D eigenvalue weighted by molar-refractivity contribution is 0.618. The van der Waals surface area contributed by atoms with Gasteiger partial charge in [0, 0.05) is 13.1 Å². The minimum Gasteiger partial charge on any atom is -0.324 e. The first kappa shape index (κ1) is 14.9. The van der Waals surface area contributed by atoms with E-state index in [2.05, 4.69) is 4.98 Å². The van der Waals surface area contributed by atoms with Gasteiger partial charge in [0.2, 0.25) is 0 Å². The monoisotopic (exact) mass is 328 g/mol. The maximum Gasteiger partial charge on any atom is 0.337 e. The minimum atomic E-state index is -0.503. The van der Waals surface area contributed by atoms with E-state index < -0.39 is 11.5 Å². The molecular weight excluding hydrogens is 311 g/mol. The Morgan fingerprint density at radius 2 is 2.08 bits per heavy atom. The van der Waals surface area contributed by atoms with Crippen LogP contribution in [-0.2, 0) is 13.1 Å². The fourth-order valence-electron chi connectivity index (χ4n) is 3.02. The molecule has 0 bridgehead atoms. The summed E-state index contributed by atoms with van der Waals surface area (Å²) in [5, 5.41) is 0. The normalized spacial score (nSPS) is 14.4. The van der Waals surface area contributed by atoms with Crippen molar-refractivity contribution < 1.29 is 4.39 Å². The van der Waals surface area contributed by atoms with Gasteiger partial charge in [-0.15, -0.1) is 0 Å². The zero-order valence-corrected chi connectivity index (χ0v) is 13.3. The second kappa shape index (κ2) is 5.43. The number of hydrogen-bond acceptors (Lipinski definition) is 3. The van der Waals surface area contributed by atoms with E-state index in [9.17, 15) is 14.0 Å². The summed E-state index contributed by atoms with van der Waals surface area (Å²) < 4.78 is 17.9. The topological polar surface area (TPSA) is 61.8 Å². The van der Waals surface area contributed by atoms with Crippen LogP contribution in [0.4, 0.5) is 4.39 Å². The van der Waals surface area contributed by atoms with Crippen LogP contribution in [0.25, 0.3) is 16.9 Å². The van der Waals surface area contributed by atoms with Crippen molar-refractivity contribution in [2.75, 3.05) is 0 Å². The van der Waals surface area contributed by atoms with Crippen molar-refractivity contribution in [1.29, 1.82) is 0 Å². The summed E-state index contributed by atoms with van der Waals surface area (Å²) in [5.41, 5.74) is 0.193. The molecule has 1 aliphatic rings. The van der Waals surface area contributed by atoms with Crippen LogP contribution < -0.4 is 11.2 Å². The molecule has 6 nitrogen and oxygen atoms in total. The van der Waals surface area contributed by atoms with E-state index in [0.717, 1.165) is 24.0 Å². The van der Waals surface area contributed by atoms with Gasteiger partial charge in [0.25, 0.3) is 5.56 Å². The number of halogens is 1. The molecule has 0 aliphatic heterocycles. The van der Waals surface area contributed by atoms with Gasteiger partial charge in [-0.3, -0.25) is 9.36 Å². The standard InChI is InChI=1S/C17H17FN4O2/c1-2-21-16(23)14-15(19-10-20(14)9-11-6-7-11)22(17(21)24)13-5-3-4-12(18)8-13/h3-5,8,10-11H,2,6-7,9H2,1H3. The molecule has 1 saturated carbocycles. The number of nitrogens with zero attached hydrogens (tertiary/aromatic N) is 4. The number of imidazole rings is 1. The van der Waals surface area contributed by atoms with Gasteiger partial charge >= 0.3 is 5.69 Å². The molecule has 2 aromatic heterocycles. The van der Waals surface area contributed by atoms with Crippen molar-refractivity contribution in [1.82, 2.24) is 18.7 Å². The van der Waals surface area contributed by atoms with E-state index in [4.69, 9.17) is 0 Å². The fourth-order valence-corrected chi connectivity index (χ4v) is 3.02. The quantitative estimate of drug-likeness (QED) is 0.735. The third-order valence-corrected chi connectivity index (χ3v) is 4.43. The highest BCUT2D eigenvalue weighted by Crippen LogP contribution is 2.31. The molecule has 0 unspecified atom stereocenters. The summed E-state index contributed by atoms with van der Waals surface area (Å²) >= 11 is 0. The number of rotatable bonds is 4. The summed E-state index contributed by atoms with van der Waals surface area (Å²) in [7, 11) is 0. The predicted molar refractivity (Wildman–Crippen MR) is 87.9 cm³/mol. The Labute approximate surface area is 136 Å². The highest BCUT2D eigenvalue weighted by molar-refractivity contribution is 5.72. The van der Waals surface area contributed by atoms with E-state index in [0.29, 0.717) is 17.1 Å². The summed E-state index contributed by atoms with van der Waals surface area (Å²) in [4.78, 5) is 29.8. The van der Waals surface area contributed by atoms with Crippen LogP contribution in [-0.4, -0.2) is 18.7 Å². The van der Waals surface area contributed by atoms with Crippen LogP contribution in [0.15, 0.2) is 40.2 Å². The molecule has 1 aliphatic carbocycles. The number of fused-ring (bicyclic) bond motifs is 1. The smallest absolute Gasteiger partial charge is 0.324 e. The van der Waals surface area contributed by atoms with Crippen molar-refractivity contribution in [2.45, 2.75) is 32.9 Å². The largest absolute Gasteiger partial charge is 0.337 e. The molecule has 0 amide bonds. The van der Waals surface area contributed by atoms with Gasteiger partial charge in [-0.2, -0.15) is 0 Å². The molecule has 0 N–H and O–H groups in total. The lowest BCUT2D eigenvalue weighted by Crippen LogP contribution is -2.39. The molecule has 124 valence electrons. The zero-order chi connectivity index (χ0) is 16.8. The molecule has 0 atom stereocenters. The van der Waals surface area contributed by atoms with Crippen molar-refractivity contribution in [3.63, 3.8) is 0 Å². The summed E-state index contributed by atoms with van der Waals surface area (Å²) in [6.45, 7) is 2.71. The Morgan fingerprint density at radius 1 is 1.29 bits per heavy atom. The second-order valence-corrected chi connectivity index (χ2v) is 6.16. The van der Waals surface area contributed by atoms with Crippen LogP contribution in [0.1, 0.15) is 19.8 Å². The van der Waals surface area contributed by atoms with E-state index >= 15 is 0 Å². The first-order chi connectivity index (χ1) is 11.6. The predicted octanol–water partition coefficient (Wildman–Crippen LogP) is 1.92.